The van der Waals surface area contributed by atoms with Gasteiger partial charge in [-0.25, -0.2) is 8.78 Å². The van der Waals surface area contributed by atoms with Gasteiger partial charge in [0.2, 0.25) is 0 Å². The Labute approximate surface area is 90.6 Å². The molecule has 2 N–H and O–H groups in total. The number of rotatable bonds is 0. The minimum absolute atomic E-state index is 0.222. The highest BCUT2D eigenvalue weighted by Crippen LogP contribution is 2.32. The Morgan fingerprint density at radius 3 is 2.33 bits per heavy atom. The lowest BCUT2D eigenvalue weighted by atomic mass is 10.2. The topological polar surface area (TPSA) is 26.0 Å². The molecule has 0 aliphatic heterocycles. The van der Waals surface area contributed by atoms with Crippen molar-refractivity contribution in [1.82, 2.24) is 0 Å². The molecule has 1 aromatic rings. The van der Waals surface area contributed by atoms with Crippen LogP contribution in [0.2, 0.25) is 0 Å². The van der Waals surface area contributed by atoms with E-state index < -0.39 is 17.3 Å². The highest BCUT2D eigenvalue weighted by atomic mass is 127. The van der Waals surface area contributed by atoms with Crippen LogP contribution in [0.5, 0.6) is 0 Å². The van der Waals surface area contributed by atoms with Crippen molar-refractivity contribution in [1.29, 1.82) is 0 Å². The third-order valence-electron chi connectivity index (χ3n) is 1.52. The SMILES string of the molecule is Cc1c(F)c(N)c(F)c(Br)c1I. The highest BCUT2D eigenvalue weighted by Gasteiger charge is 2.16. The number of nitrogen functional groups attached to an aromatic ring is 1. The Kier molecular flexibility index (Phi) is 2.92. The van der Waals surface area contributed by atoms with E-state index >= 15 is 0 Å². The maximum atomic E-state index is 13.0. The molecule has 1 aromatic carbocycles. The molecule has 1 rings (SSSR count). The molecule has 5 heteroatoms. The van der Waals surface area contributed by atoms with Crippen molar-refractivity contribution in [2.24, 2.45) is 0 Å². The van der Waals surface area contributed by atoms with Gasteiger partial charge in [-0.05, 0) is 45.4 Å². The van der Waals surface area contributed by atoms with Crippen molar-refractivity contribution < 1.29 is 8.78 Å². The predicted molar refractivity (Wildman–Crippen MR) is 55.9 cm³/mol. The first-order valence-corrected chi connectivity index (χ1v) is 4.92. The molecule has 0 unspecified atom stereocenters. The van der Waals surface area contributed by atoms with E-state index in [-0.39, 0.29) is 4.47 Å². The van der Waals surface area contributed by atoms with Crippen molar-refractivity contribution in [3.8, 4) is 0 Å². The summed E-state index contributed by atoms with van der Waals surface area (Å²) in [7, 11) is 0. The van der Waals surface area contributed by atoms with Gasteiger partial charge in [0.1, 0.15) is 5.69 Å². The van der Waals surface area contributed by atoms with Gasteiger partial charge in [-0.2, -0.15) is 0 Å². The largest absolute Gasteiger partial charge is 0.394 e. The Morgan fingerprint density at radius 2 is 1.83 bits per heavy atom. The van der Waals surface area contributed by atoms with Crippen LogP contribution >= 0.6 is 38.5 Å². The number of hydrogen-bond acceptors (Lipinski definition) is 1. The molecule has 0 aliphatic carbocycles. The average molecular weight is 348 g/mol. The number of hydrogen-bond donors (Lipinski definition) is 1. The van der Waals surface area contributed by atoms with Crippen LogP contribution in [-0.2, 0) is 0 Å². The zero-order valence-electron chi connectivity index (χ0n) is 6.09. The summed E-state index contributed by atoms with van der Waals surface area (Å²) in [6.07, 6.45) is 0. The van der Waals surface area contributed by atoms with Gasteiger partial charge in [0.25, 0.3) is 0 Å². The molecule has 0 radical (unpaired) electrons. The lowest BCUT2D eigenvalue weighted by Gasteiger charge is -2.07. The molecule has 0 saturated carbocycles. The van der Waals surface area contributed by atoms with Crippen LogP contribution in [-0.4, -0.2) is 0 Å². The predicted octanol–water partition coefficient (Wildman–Crippen LogP) is 3.22. The molecule has 0 amide bonds. The highest BCUT2D eigenvalue weighted by molar-refractivity contribution is 14.1. The number of nitrogens with two attached hydrogens (primary N) is 1. The van der Waals surface area contributed by atoms with Gasteiger partial charge in [0.05, 0.1) is 4.47 Å². The molecule has 0 heterocycles. The van der Waals surface area contributed by atoms with Gasteiger partial charge in [0.15, 0.2) is 11.6 Å². The molecule has 0 fully saturated rings. The van der Waals surface area contributed by atoms with Crippen LogP contribution in [0.15, 0.2) is 4.47 Å². The van der Waals surface area contributed by atoms with Gasteiger partial charge >= 0.3 is 0 Å². The Morgan fingerprint density at radius 1 is 1.33 bits per heavy atom. The molecule has 66 valence electrons. The zero-order chi connectivity index (χ0) is 9.46. The summed E-state index contributed by atoms with van der Waals surface area (Å²) >= 11 is 4.84. The lowest BCUT2D eigenvalue weighted by molar-refractivity contribution is 0.579. The summed E-state index contributed by atoms with van der Waals surface area (Å²) in [5, 5.41) is 0. The Balaban J connectivity index is 3.60. The summed E-state index contributed by atoms with van der Waals surface area (Å²) in [6.45, 7) is 1.55. The smallest absolute Gasteiger partial charge is 0.164 e. The van der Waals surface area contributed by atoms with E-state index in [0.717, 1.165) is 0 Å². The molecule has 0 spiro atoms. The molecule has 0 bridgehead atoms. The van der Waals surface area contributed by atoms with Crippen LogP contribution < -0.4 is 5.73 Å². The second kappa shape index (κ2) is 3.45. The van der Waals surface area contributed by atoms with Crippen molar-refractivity contribution in [2.75, 3.05) is 5.73 Å². The summed E-state index contributed by atoms with van der Waals surface area (Å²) < 4.78 is 26.8. The fraction of sp³-hybridized carbons (Fsp3) is 0.143. The second-order valence-corrected chi connectivity index (χ2v) is 4.17. The van der Waals surface area contributed by atoms with Crippen molar-refractivity contribution >= 4 is 44.2 Å². The number of halogens is 4. The third kappa shape index (κ3) is 1.44. The van der Waals surface area contributed by atoms with E-state index in [0.29, 0.717) is 9.13 Å². The summed E-state index contributed by atoms with van der Waals surface area (Å²) in [5.41, 5.74) is 5.10. The first-order valence-electron chi connectivity index (χ1n) is 3.04. The van der Waals surface area contributed by atoms with Gasteiger partial charge < -0.3 is 5.73 Å². The minimum atomic E-state index is -0.734. The number of benzene rings is 1. The van der Waals surface area contributed by atoms with Crippen LogP contribution in [0, 0.1) is 22.1 Å². The lowest BCUT2D eigenvalue weighted by Crippen LogP contribution is -2.01. The van der Waals surface area contributed by atoms with Crippen LogP contribution in [0.1, 0.15) is 5.56 Å². The third-order valence-corrected chi connectivity index (χ3v) is 4.35. The van der Waals surface area contributed by atoms with Gasteiger partial charge in [-0.1, -0.05) is 0 Å². The standard InChI is InChI=1S/C7H5BrF2IN/c1-2-4(9)7(12)5(10)3(8)6(2)11/h12H2,1H3. The van der Waals surface area contributed by atoms with Crippen molar-refractivity contribution in [2.45, 2.75) is 6.92 Å². The molecule has 0 saturated heterocycles. The average Bonchev–Trinajstić information content (AvgIpc) is 2.08. The minimum Gasteiger partial charge on any atom is -0.394 e. The van der Waals surface area contributed by atoms with Crippen LogP contribution in [0.25, 0.3) is 0 Å². The Bertz CT molecular complexity index is 236. The van der Waals surface area contributed by atoms with E-state index in [9.17, 15) is 8.78 Å². The van der Waals surface area contributed by atoms with Crippen molar-refractivity contribution in [3.05, 3.63) is 25.2 Å². The monoisotopic (exact) mass is 347 g/mol. The normalized spacial score (nSPS) is 10.4. The quantitative estimate of drug-likeness (QED) is 0.331. The molecule has 1 nitrogen and oxygen atoms in total. The van der Waals surface area contributed by atoms with E-state index in [1.807, 2.05) is 22.6 Å². The van der Waals surface area contributed by atoms with E-state index in [2.05, 4.69) is 15.9 Å². The zero-order valence-corrected chi connectivity index (χ0v) is 9.83. The fourth-order valence-corrected chi connectivity index (χ4v) is 1.76. The van der Waals surface area contributed by atoms with Crippen LogP contribution in [0.3, 0.4) is 0 Å². The molecule has 0 atom stereocenters. The molecular formula is C7H5BrF2IN. The molecule has 0 aliphatic rings. The van der Waals surface area contributed by atoms with E-state index in [4.69, 9.17) is 5.73 Å². The maximum Gasteiger partial charge on any atom is 0.164 e. The maximum absolute atomic E-state index is 13.0. The molecule has 0 aromatic heterocycles. The Hall–Kier alpha value is 0.0900. The first kappa shape index (κ1) is 10.2. The van der Waals surface area contributed by atoms with E-state index in [1.54, 1.807) is 6.92 Å². The first-order chi connectivity index (χ1) is 5.46. The van der Waals surface area contributed by atoms with E-state index in [1.165, 1.54) is 0 Å². The number of anilines is 1. The summed E-state index contributed by atoms with van der Waals surface area (Å²) in [4.78, 5) is 0. The summed E-state index contributed by atoms with van der Waals surface area (Å²) in [5.74, 6) is -1.41. The summed E-state index contributed by atoms with van der Waals surface area (Å²) in [6, 6.07) is 0. The van der Waals surface area contributed by atoms with Gasteiger partial charge in [-0.15, -0.1) is 0 Å². The van der Waals surface area contributed by atoms with Crippen LogP contribution in [0.4, 0.5) is 14.5 Å². The molecule has 12 heavy (non-hydrogen) atoms. The van der Waals surface area contributed by atoms with Gasteiger partial charge in [-0.3, -0.25) is 0 Å². The second-order valence-electron chi connectivity index (χ2n) is 2.29. The van der Waals surface area contributed by atoms with Crippen molar-refractivity contribution in [3.63, 3.8) is 0 Å². The molecular weight excluding hydrogens is 343 g/mol. The van der Waals surface area contributed by atoms with Gasteiger partial charge in [0, 0.05) is 9.13 Å². The fourth-order valence-electron chi connectivity index (χ4n) is 0.774.